The van der Waals surface area contributed by atoms with Crippen molar-refractivity contribution in [3.05, 3.63) is 59.5 Å². The van der Waals surface area contributed by atoms with E-state index in [0.717, 1.165) is 5.56 Å². The maximum absolute atomic E-state index is 12.7. The number of aliphatic carboxylic acids is 1. The van der Waals surface area contributed by atoms with Crippen LogP contribution in [0.25, 0.3) is 0 Å². The molecule has 2 aromatic rings. The molecule has 0 bridgehead atoms. The van der Waals surface area contributed by atoms with Crippen LogP contribution in [0.4, 0.5) is 0 Å². The van der Waals surface area contributed by atoms with E-state index in [2.05, 4.69) is 0 Å². The van der Waals surface area contributed by atoms with Gasteiger partial charge >= 0.3 is 5.97 Å². The third-order valence-electron chi connectivity index (χ3n) is 3.48. The highest BCUT2D eigenvalue weighted by atomic mass is 16.5. The maximum atomic E-state index is 12.7. The number of carboxylic acids is 1. The van der Waals surface area contributed by atoms with Crippen LogP contribution < -0.4 is 0 Å². The molecule has 0 aliphatic rings. The van der Waals surface area contributed by atoms with E-state index in [9.17, 15) is 9.59 Å². The van der Waals surface area contributed by atoms with E-state index in [0.29, 0.717) is 31.9 Å². The zero-order valence-corrected chi connectivity index (χ0v) is 13.6. The van der Waals surface area contributed by atoms with Crippen molar-refractivity contribution in [2.75, 3.05) is 13.7 Å². The third kappa shape index (κ3) is 5.24. The topological polar surface area (TPSA) is 80.0 Å². The minimum Gasteiger partial charge on any atom is -0.481 e. The molecule has 0 aliphatic carbocycles. The Labute approximate surface area is 140 Å². The van der Waals surface area contributed by atoms with Gasteiger partial charge in [0.1, 0.15) is 12.4 Å². The van der Waals surface area contributed by atoms with Crippen LogP contribution in [-0.2, 0) is 22.7 Å². The summed E-state index contributed by atoms with van der Waals surface area (Å²) in [6.07, 6.45) is 0.408. The highest BCUT2D eigenvalue weighted by Crippen LogP contribution is 2.15. The molecule has 0 aliphatic heterocycles. The van der Waals surface area contributed by atoms with Gasteiger partial charge in [-0.15, -0.1) is 0 Å². The van der Waals surface area contributed by atoms with Gasteiger partial charge in [0, 0.05) is 26.6 Å². The monoisotopic (exact) mass is 331 g/mol. The minimum atomic E-state index is -0.873. The Balaban J connectivity index is 2.10. The van der Waals surface area contributed by atoms with Gasteiger partial charge in [-0.2, -0.15) is 0 Å². The average Bonchev–Trinajstić information content (AvgIpc) is 3.03. The molecule has 1 N–H and O–H groups in total. The summed E-state index contributed by atoms with van der Waals surface area (Å²) in [6, 6.07) is 12.9. The fourth-order valence-corrected chi connectivity index (χ4v) is 2.35. The van der Waals surface area contributed by atoms with Gasteiger partial charge in [0.25, 0.3) is 5.91 Å². The first kappa shape index (κ1) is 17.7. The number of ether oxygens (including phenoxy) is 1. The molecule has 6 nitrogen and oxygen atoms in total. The van der Waals surface area contributed by atoms with Crippen molar-refractivity contribution in [3.8, 4) is 0 Å². The van der Waals surface area contributed by atoms with E-state index in [-0.39, 0.29) is 18.1 Å². The van der Waals surface area contributed by atoms with Gasteiger partial charge in [0.05, 0.1) is 0 Å². The summed E-state index contributed by atoms with van der Waals surface area (Å²) < 4.78 is 10.5. The minimum absolute atomic E-state index is 0.0195. The van der Waals surface area contributed by atoms with Crippen molar-refractivity contribution in [2.24, 2.45) is 0 Å². The second-order valence-electron chi connectivity index (χ2n) is 5.41. The van der Waals surface area contributed by atoms with E-state index in [1.54, 1.807) is 24.1 Å². The summed E-state index contributed by atoms with van der Waals surface area (Å²) in [4.78, 5) is 25.0. The Morgan fingerprint density at radius 2 is 1.92 bits per heavy atom. The van der Waals surface area contributed by atoms with Gasteiger partial charge in [-0.3, -0.25) is 9.59 Å². The molecule has 1 heterocycles. The Kier molecular flexibility index (Phi) is 6.57. The highest BCUT2D eigenvalue weighted by molar-refractivity contribution is 5.91. The lowest BCUT2D eigenvalue weighted by atomic mass is 10.2. The Morgan fingerprint density at radius 3 is 2.58 bits per heavy atom. The lowest BCUT2D eigenvalue weighted by molar-refractivity contribution is -0.137. The number of hydrogen-bond donors (Lipinski definition) is 1. The van der Waals surface area contributed by atoms with Crippen LogP contribution in [0, 0.1) is 0 Å². The molecule has 0 saturated heterocycles. The molecule has 0 saturated carbocycles. The SMILES string of the molecule is COCc1ccc(C(=O)N(CCCC(=O)O)Cc2ccccc2)o1. The number of nitrogens with zero attached hydrogens (tertiary/aromatic N) is 1. The van der Waals surface area contributed by atoms with Crippen molar-refractivity contribution in [1.82, 2.24) is 4.90 Å². The Morgan fingerprint density at radius 1 is 1.17 bits per heavy atom. The van der Waals surface area contributed by atoms with Crippen LogP contribution in [-0.4, -0.2) is 35.5 Å². The van der Waals surface area contributed by atoms with Crippen LogP contribution in [0.2, 0.25) is 0 Å². The van der Waals surface area contributed by atoms with Crippen LogP contribution in [0.5, 0.6) is 0 Å². The second-order valence-corrected chi connectivity index (χ2v) is 5.41. The van der Waals surface area contributed by atoms with Gasteiger partial charge in [-0.05, 0) is 24.1 Å². The number of carbonyl (C=O) groups is 2. The second kappa shape index (κ2) is 8.88. The molecular weight excluding hydrogens is 310 g/mol. The molecule has 128 valence electrons. The Bertz CT molecular complexity index is 665. The molecule has 0 fully saturated rings. The summed E-state index contributed by atoms with van der Waals surface area (Å²) in [6.45, 7) is 1.05. The summed E-state index contributed by atoms with van der Waals surface area (Å²) in [5.41, 5.74) is 0.977. The molecule has 0 unspecified atom stereocenters. The highest BCUT2D eigenvalue weighted by Gasteiger charge is 2.20. The van der Waals surface area contributed by atoms with Gasteiger partial charge in [-0.25, -0.2) is 0 Å². The van der Waals surface area contributed by atoms with Gasteiger partial charge in [-0.1, -0.05) is 30.3 Å². The Hall–Kier alpha value is -2.60. The maximum Gasteiger partial charge on any atom is 0.303 e. The number of hydrogen-bond acceptors (Lipinski definition) is 4. The normalized spacial score (nSPS) is 10.5. The first-order valence-electron chi connectivity index (χ1n) is 7.73. The van der Waals surface area contributed by atoms with Crippen molar-refractivity contribution in [2.45, 2.75) is 26.0 Å². The van der Waals surface area contributed by atoms with Gasteiger partial charge < -0.3 is 19.2 Å². The molecule has 0 radical (unpaired) electrons. The number of methoxy groups -OCH3 is 1. The lowest BCUT2D eigenvalue weighted by Crippen LogP contribution is -2.31. The molecule has 6 heteroatoms. The number of furan rings is 1. The van der Waals surface area contributed by atoms with Crippen LogP contribution in [0.1, 0.15) is 34.7 Å². The standard InChI is InChI=1S/C18H21NO5/c1-23-13-15-9-10-16(24-15)18(22)19(11-5-8-17(20)21)12-14-6-3-2-4-7-14/h2-4,6-7,9-10H,5,8,11-13H2,1H3,(H,20,21). The molecule has 1 aromatic heterocycles. The van der Waals surface area contributed by atoms with Crippen LogP contribution >= 0.6 is 0 Å². The number of carbonyl (C=O) groups excluding carboxylic acids is 1. The van der Waals surface area contributed by atoms with Crippen molar-refractivity contribution in [3.63, 3.8) is 0 Å². The van der Waals surface area contributed by atoms with Crippen LogP contribution in [0.15, 0.2) is 46.9 Å². The molecule has 2 rings (SSSR count). The lowest BCUT2D eigenvalue weighted by Gasteiger charge is -2.21. The summed E-state index contributed by atoms with van der Waals surface area (Å²) in [7, 11) is 1.55. The van der Waals surface area contributed by atoms with Crippen LogP contribution in [0.3, 0.4) is 0 Å². The summed E-state index contributed by atoms with van der Waals surface area (Å²) in [5, 5.41) is 8.80. The number of benzene rings is 1. The molecular formula is C18H21NO5. The van der Waals surface area contributed by atoms with E-state index >= 15 is 0 Å². The molecule has 0 atom stereocenters. The summed E-state index contributed by atoms with van der Waals surface area (Å²) in [5.74, 6) is -0.326. The van der Waals surface area contributed by atoms with Gasteiger partial charge in [0.2, 0.25) is 0 Å². The number of rotatable bonds is 9. The van der Waals surface area contributed by atoms with Gasteiger partial charge in [0.15, 0.2) is 5.76 Å². The van der Waals surface area contributed by atoms with Crippen molar-refractivity contribution >= 4 is 11.9 Å². The van der Waals surface area contributed by atoms with E-state index in [4.69, 9.17) is 14.3 Å². The zero-order valence-electron chi connectivity index (χ0n) is 13.6. The fourth-order valence-electron chi connectivity index (χ4n) is 2.35. The van der Waals surface area contributed by atoms with Crippen molar-refractivity contribution < 1.29 is 23.8 Å². The molecule has 0 spiro atoms. The fraction of sp³-hybridized carbons (Fsp3) is 0.333. The first-order valence-corrected chi connectivity index (χ1v) is 7.73. The molecule has 1 amide bonds. The predicted molar refractivity (Wildman–Crippen MR) is 87.5 cm³/mol. The third-order valence-corrected chi connectivity index (χ3v) is 3.48. The average molecular weight is 331 g/mol. The number of carboxylic acid groups (broad SMARTS) is 1. The predicted octanol–water partition coefficient (Wildman–Crippen LogP) is 2.93. The quantitative estimate of drug-likeness (QED) is 0.764. The van der Waals surface area contributed by atoms with Crippen molar-refractivity contribution in [1.29, 1.82) is 0 Å². The smallest absolute Gasteiger partial charge is 0.303 e. The van der Waals surface area contributed by atoms with E-state index < -0.39 is 5.97 Å². The zero-order chi connectivity index (χ0) is 17.4. The molecule has 1 aromatic carbocycles. The molecule has 24 heavy (non-hydrogen) atoms. The largest absolute Gasteiger partial charge is 0.481 e. The summed E-state index contributed by atoms with van der Waals surface area (Å²) >= 11 is 0. The van der Waals surface area contributed by atoms with E-state index in [1.807, 2.05) is 30.3 Å². The number of amides is 1. The van der Waals surface area contributed by atoms with E-state index in [1.165, 1.54) is 0 Å². The first-order chi connectivity index (χ1) is 11.6.